The molecule has 0 unspecified atom stereocenters. The predicted octanol–water partition coefficient (Wildman–Crippen LogP) is 6.51. The van der Waals surface area contributed by atoms with Crippen LogP contribution in [-0.4, -0.2) is 36.3 Å². The Hall–Kier alpha value is -4.41. The molecule has 8 nitrogen and oxygen atoms in total. The standard InChI is InChI=1S/C35H32BrN3O5S/c1-5-11-25-29(34(41)44-6-2)32(24-18-21(36)16-17-26(24)42-3)39-33(40)28(45-35(39)37-25)19-23-22-14-10-15-27(43-4)31(22)38-30(23)20-12-8-7-9-13-20/h7-10,12-19,32,38H,5-6,11H2,1-4H3/b28-19+/t32-/m1/s1. The van der Waals surface area contributed by atoms with E-state index in [-0.39, 0.29) is 12.2 Å². The van der Waals surface area contributed by atoms with Gasteiger partial charge in [-0.1, -0.05) is 83.1 Å². The predicted molar refractivity (Wildman–Crippen MR) is 181 cm³/mol. The van der Waals surface area contributed by atoms with Gasteiger partial charge in [-0.15, -0.1) is 0 Å². The summed E-state index contributed by atoms with van der Waals surface area (Å²) in [5.74, 6) is 0.754. The average Bonchev–Trinajstić information content (AvgIpc) is 3.58. The zero-order valence-electron chi connectivity index (χ0n) is 25.3. The molecule has 0 spiro atoms. The molecule has 1 N–H and O–H groups in total. The van der Waals surface area contributed by atoms with Crippen LogP contribution in [0.3, 0.4) is 0 Å². The molecule has 0 aliphatic carbocycles. The zero-order valence-corrected chi connectivity index (χ0v) is 27.8. The van der Waals surface area contributed by atoms with E-state index in [2.05, 4.69) is 20.9 Å². The summed E-state index contributed by atoms with van der Waals surface area (Å²) in [6.07, 6.45) is 3.22. The SMILES string of the molecule is CCCC1=C(C(=O)OCC)[C@@H](c2cc(Br)ccc2OC)n2c(s/c(=C/c3c(-c4ccccc4)[nH]c4c(OC)cccc34)c2=O)=N1. The molecule has 0 bridgehead atoms. The number of hydrogen-bond donors (Lipinski definition) is 1. The van der Waals surface area contributed by atoms with Gasteiger partial charge in [0.05, 0.1) is 47.8 Å². The van der Waals surface area contributed by atoms with E-state index in [1.807, 2.05) is 79.7 Å². The fourth-order valence-corrected chi connectivity index (χ4v) is 7.21. The van der Waals surface area contributed by atoms with Crippen molar-refractivity contribution in [2.45, 2.75) is 32.7 Å². The highest BCUT2D eigenvalue weighted by molar-refractivity contribution is 9.10. The van der Waals surface area contributed by atoms with Crippen LogP contribution in [0.1, 0.15) is 43.9 Å². The van der Waals surface area contributed by atoms with E-state index in [0.29, 0.717) is 44.1 Å². The number of rotatable bonds is 9. The number of thiazole rings is 1. The van der Waals surface area contributed by atoms with E-state index in [1.54, 1.807) is 25.7 Å². The van der Waals surface area contributed by atoms with Crippen molar-refractivity contribution in [1.29, 1.82) is 0 Å². The van der Waals surface area contributed by atoms with Crippen LogP contribution in [0.5, 0.6) is 11.5 Å². The van der Waals surface area contributed by atoms with Crippen LogP contribution in [0.25, 0.3) is 28.2 Å². The highest BCUT2D eigenvalue weighted by Crippen LogP contribution is 2.39. The van der Waals surface area contributed by atoms with Gasteiger partial charge in [0.25, 0.3) is 5.56 Å². The average molecular weight is 687 g/mol. The first-order valence-corrected chi connectivity index (χ1v) is 16.3. The maximum absolute atomic E-state index is 14.5. The second kappa shape index (κ2) is 12.9. The number of aromatic amines is 1. The van der Waals surface area contributed by atoms with Crippen LogP contribution in [0.4, 0.5) is 0 Å². The topological polar surface area (TPSA) is 94.9 Å². The number of halogens is 1. The van der Waals surface area contributed by atoms with Crippen LogP contribution in [0.2, 0.25) is 0 Å². The Morgan fingerprint density at radius 1 is 1.04 bits per heavy atom. The van der Waals surface area contributed by atoms with E-state index in [4.69, 9.17) is 19.2 Å². The van der Waals surface area contributed by atoms with Gasteiger partial charge < -0.3 is 19.2 Å². The van der Waals surface area contributed by atoms with Crippen LogP contribution in [0.15, 0.2) is 92.3 Å². The van der Waals surface area contributed by atoms with Crippen molar-refractivity contribution in [3.63, 3.8) is 0 Å². The number of ether oxygens (including phenoxy) is 3. The molecule has 3 heterocycles. The number of esters is 1. The van der Waals surface area contributed by atoms with Gasteiger partial charge in [-0.3, -0.25) is 9.36 Å². The highest BCUT2D eigenvalue weighted by atomic mass is 79.9. The number of allylic oxidation sites excluding steroid dienone is 1. The quantitative estimate of drug-likeness (QED) is 0.179. The number of nitrogens with zero attached hydrogens (tertiary/aromatic N) is 2. The molecule has 230 valence electrons. The molecule has 0 fully saturated rings. The molecule has 0 saturated carbocycles. The zero-order chi connectivity index (χ0) is 31.7. The van der Waals surface area contributed by atoms with Crippen LogP contribution >= 0.6 is 27.3 Å². The molecule has 10 heteroatoms. The summed E-state index contributed by atoms with van der Waals surface area (Å²) in [6.45, 7) is 3.99. The first-order chi connectivity index (χ1) is 21.9. The van der Waals surface area contributed by atoms with Gasteiger partial charge >= 0.3 is 5.97 Å². The van der Waals surface area contributed by atoms with E-state index in [0.717, 1.165) is 38.6 Å². The Kier molecular flexibility index (Phi) is 8.78. The first kappa shape index (κ1) is 30.6. The lowest BCUT2D eigenvalue weighted by Crippen LogP contribution is -2.40. The number of para-hydroxylation sites is 1. The van der Waals surface area contributed by atoms with Crippen molar-refractivity contribution in [2.24, 2.45) is 4.99 Å². The molecule has 45 heavy (non-hydrogen) atoms. The molecule has 1 aliphatic heterocycles. The minimum absolute atomic E-state index is 0.195. The largest absolute Gasteiger partial charge is 0.496 e. The van der Waals surface area contributed by atoms with Gasteiger partial charge in [-0.05, 0) is 49.2 Å². The van der Waals surface area contributed by atoms with E-state index in [1.165, 1.54) is 11.3 Å². The van der Waals surface area contributed by atoms with Crippen molar-refractivity contribution in [3.8, 4) is 22.8 Å². The lowest BCUT2D eigenvalue weighted by molar-refractivity contribution is -0.139. The Morgan fingerprint density at radius 3 is 2.53 bits per heavy atom. The minimum atomic E-state index is -0.798. The molecule has 2 aromatic heterocycles. The molecule has 3 aromatic carbocycles. The van der Waals surface area contributed by atoms with Crippen molar-refractivity contribution < 1.29 is 19.0 Å². The lowest BCUT2D eigenvalue weighted by atomic mass is 9.93. The van der Waals surface area contributed by atoms with Gasteiger partial charge in [0, 0.05) is 21.0 Å². The third-order valence-corrected chi connectivity index (χ3v) is 9.25. The van der Waals surface area contributed by atoms with Crippen LogP contribution < -0.4 is 24.4 Å². The van der Waals surface area contributed by atoms with E-state index in [9.17, 15) is 9.59 Å². The van der Waals surface area contributed by atoms with Gasteiger partial charge in [0.2, 0.25) is 0 Å². The number of hydrogen-bond acceptors (Lipinski definition) is 7. The van der Waals surface area contributed by atoms with Crippen LogP contribution in [-0.2, 0) is 9.53 Å². The van der Waals surface area contributed by atoms with Crippen molar-refractivity contribution in [2.75, 3.05) is 20.8 Å². The number of aromatic nitrogens is 2. The van der Waals surface area contributed by atoms with Gasteiger partial charge in [0.1, 0.15) is 17.5 Å². The normalized spacial score (nSPS) is 14.8. The fourth-order valence-electron chi connectivity index (χ4n) is 5.83. The number of benzene rings is 3. The summed E-state index contributed by atoms with van der Waals surface area (Å²) in [4.78, 5) is 37.1. The summed E-state index contributed by atoms with van der Waals surface area (Å²) >= 11 is 4.88. The smallest absolute Gasteiger partial charge is 0.338 e. The summed E-state index contributed by atoms with van der Waals surface area (Å²) in [5, 5.41) is 0.920. The fraction of sp³-hybridized carbons (Fsp3) is 0.229. The summed E-state index contributed by atoms with van der Waals surface area (Å²) in [5.41, 5.74) is 4.88. The number of nitrogens with one attached hydrogen (secondary N) is 1. The summed E-state index contributed by atoms with van der Waals surface area (Å²) < 4.78 is 19.8. The first-order valence-electron chi connectivity index (χ1n) is 14.7. The summed E-state index contributed by atoms with van der Waals surface area (Å²) in [7, 11) is 3.22. The number of methoxy groups -OCH3 is 2. The molecule has 0 radical (unpaired) electrons. The van der Waals surface area contributed by atoms with Gasteiger partial charge in [-0.25, -0.2) is 9.79 Å². The van der Waals surface area contributed by atoms with Crippen molar-refractivity contribution in [1.82, 2.24) is 9.55 Å². The molecule has 1 atom stereocenters. The number of H-pyrrole nitrogens is 1. The van der Waals surface area contributed by atoms with E-state index < -0.39 is 12.0 Å². The molecular formula is C35H32BrN3O5S. The Morgan fingerprint density at radius 2 is 1.82 bits per heavy atom. The number of fused-ring (bicyclic) bond motifs is 2. The van der Waals surface area contributed by atoms with Gasteiger partial charge in [0.15, 0.2) is 4.80 Å². The van der Waals surface area contributed by atoms with E-state index >= 15 is 0 Å². The molecule has 0 amide bonds. The minimum Gasteiger partial charge on any atom is -0.496 e. The summed E-state index contributed by atoms with van der Waals surface area (Å²) in [6, 6.07) is 20.6. The highest BCUT2D eigenvalue weighted by Gasteiger charge is 2.36. The second-order valence-corrected chi connectivity index (χ2v) is 12.4. The van der Waals surface area contributed by atoms with Gasteiger partial charge in [-0.2, -0.15) is 0 Å². The maximum Gasteiger partial charge on any atom is 0.338 e. The second-order valence-electron chi connectivity index (χ2n) is 10.5. The Bertz CT molecular complexity index is 2130. The molecular weight excluding hydrogens is 654 g/mol. The number of carbonyl (C=O) groups excluding carboxylic acids is 1. The third kappa shape index (κ3) is 5.53. The molecule has 1 aliphatic rings. The monoisotopic (exact) mass is 685 g/mol. The molecule has 0 saturated heterocycles. The Labute approximate surface area is 272 Å². The number of carbonyl (C=O) groups is 1. The Balaban J connectivity index is 1.67. The van der Waals surface area contributed by atoms with Crippen molar-refractivity contribution >= 4 is 50.2 Å². The lowest BCUT2D eigenvalue weighted by Gasteiger charge is -2.27. The van der Waals surface area contributed by atoms with Crippen LogP contribution in [0, 0.1) is 0 Å². The van der Waals surface area contributed by atoms with Crippen molar-refractivity contribution in [3.05, 3.63) is 113 Å². The maximum atomic E-state index is 14.5. The third-order valence-electron chi connectivity index (χ3n) is 7.77. The molecule has 6 rings (SSSR count). The molecule has 5 aromatic rings.